The van der Waals surface area contributed by atoms with Gasteiger partial charge in [0.1, 0.15) is 17.8 Å². The lowest BCUT2D eigenvalue weighted by Crippen LogP contribution is -2.58. The maximum absolute atomic E-state index is 12.7. The highest BCUT2D eigenvalue weighted by Crippen LogP contribution is 2.56. The number of ether oxygens (including phenoxy) is 4. The fourth-order valence-corrected chi connectivity index (χ4v) is 6.52. The van der Waals surface area contributed by atoms with Crippen LogP contribution in [-0.2, 0) is 33.3 Å². The van der Waals surface area contributed by atoms with Crippen LogP contribution in [0.25, 0.3) is 0 Å². The number of fused-ring (bicyclic) bond motifs is 5. The van der Waals surface area contributed by atoms with Crippen molar-refractivity contribution in [3.05, 3.63) is 23.8 Å². The van der Waals surface area contributed by atoms with Crippen LogP contribution in [0, 0.1) is 23.7 Å². The molecule has 0 aromatic rings. The molecule has 3 rings (SSSR count). The zero-order chi connectivity index (χ0) is 26.1. The van der Waals surface area contributed by atoms with Crippen molar-refractivity contribution in [1.82, 2.24) is 0 Å². The van der Waals surface area contributed by atoms with Gasteiger partial charge >= 0.3 is 17.9 Å². The summed E-state index contributed by atoms with van der Waals surface area (Å²) in [5.41, 5.74) is 1.06. The Morgan fingerprint density at radius 3 is 2.43 bits per heavy atom. The molecule has 3 aliphatic rings. The van der Waals surface area contributed by atoms with Crippen LogP contribution < -0.4 is 0 Å². The second kappa shape index (κ2) is 10.9. The van der Waals surface area contributed by atoms with E-state index in [4.69, 9.17) is 18.9 Å². The number of carbonyl (C=O) groups excluding carboxylic acids is 3. The van der Waals surface area contributed by atoms with E-state index in [0.717, 1.165) is 6.42 Å². The highest BCUT2D eigenvalue weighted by molar-refractivity contribution is 5.70. The molecule has 7 nitrogen and oxygen atoms in total. The average molecular weight is 491 g/mol. The molecule has 2 aliphatic heterocycles. The lowest BCUT2D eigenvalue weighted by molar-refractivity contribution is -0.190. The maximum atomic E-state index is 12.7. The van der Waals surface area contributed by atoms with Gasteiger partial charge < -0.3 is 18.9 Å². The number of hydrogen-bond acceptors (Lipinski definition) is 7. The highest BCUT2D eigenvalue weighted by Gasteiger charge is 2.63. The zero-order valence-electron chi connectivity index (χ0n) is 22.3. The molecule has 35 heavy (non-hydrogen) atoms. The molecule has 0 aromatic heterocycles. The summed E-state index contributed by atoms with van der Waals surface area (Å²) in [7, 11) is 0. The molecular formula is C28H42O7. The molecule has 0 radical (unpaired) electrons. The van der Waals surface area contributed by atoms with E-state index in [1.807, 2.05) is 13.8 Å². The number of rotatable bonds is 6. The molecule has 1 saturated heterocycles. The summed E-state index contributed by atoms with van der Waals surface area (Å²) in [5, 5.41) is 0. The number of carbonyl (C=O) groups is 3. The van der Waals surface area contributed by atoms with Gasteiger partial charge in [-0.05, 0) is 51.0 Å². The molecule has 0 spiro atoms. The van der Waals surface area contributed by atoms with Gasteiger partial charge in [-0.1, -0.05) is 39.0 Å². The summed E-state index contributed by atoms with van der Waals surface area (Å²) in [6.45, 7) is 17.3. The van der Waals surface area contributed by atoms with Crippen molar-refractivity contribution in [1.29, 1.82) is 0 Å². The molecule has 2 fully saturated rings. The highest BCUT2D eigenvalue weighted by atomic mass is 16.6. The first-order valence-electron chi connectivity index (χ1n) is 13.0. The second-order valence-electron chi connectivity index (χ2n) is 11.0. The molecule has 0 unspecified atom stereocenters. The molecule has 0 aromatic carbocycles. The minimum atomic E-state index is -0.854. The molecule has 0 amide bonds. The minimum Gasteiger partial charge on any atom is -0.458 e. The third kappa shape index (κ3) is 5.65. The Hall–Kier alpha value is -2.15. The van der Waals surface area contributed by atoms with Crippen molar-refractivity contribution in [2.45, 2.75) is 111 Å². The molecule has 1 aliphatic carbocycles. The summed E-state index contributed by atoms with van der Waals surface area (Å²) in [5.74, 6) is -1.46. The van der Waals surface area contributed by atoms with Crippen molar-refractivity contribution < 1.29 is 33.3 Å². The van der Waals surface area contributed by atoms with Gasteiger partial charge in [-0.15, -0.1) is 0 Å². The van der Waals surface area contributed by atoms with E-state index < -0.39 is 35.9 Å². The largest absolute Gasteiger partial charge is 0.458 e. The third-order valence-corrected chi connectivity index (χ3v) is 7.83. The van der Waals surface area contributed by atoms with E-state index in [1.54, 1.807) is 0 Å². The molecule has 2 bridgehead atoms. The average Bonchev–Trinajstić information content (AvgIpc) is 3.11. The first-order chi connectivity index (χ1) is 16.4. The van der Waals surface area contributed by atoms with Crippen LogP contribution in [0.3, 0.4) is 0 Å². The van der Waals surface area contributed by atoms with Crippen molar-refractivity contribution in [2.75, 3.05) is 0 Å². The van der Waals surface area contributed by atoms with E-state index in [2.05, 4.69) is 33.4 Å². The third-order valence-electron chi connectivity index (χ3n) is 7.83. The Morgan fingerprint density at radius 2 is 1.86 bits per heavy atom. The predicted molar refractivity (Wildman–Crippen MR) is 131 cm³/mol. The van der Waals surface area contributed by atoms with Crippen molar-refractivity contribution in [3.8, 4) is 0 Å². The Balaban J connectivity index is 2.15. The van der Waals surface area contributed by atoms with Gasteiger partial charge in [-0.3, -0.25) is 14.4 Å². The Kier molecular flexibility index (Phi) is 8.51. The first-order valence-corrected chi connectivity index (χ1v) is 13.0. The van der Waals surface area contributed by atoms with Crippen LogP contribution in [-0.4, -0.2) is 47.9 Å². The van der Waals surface area contributed by atoms with Crippen LogP contribution in [0.2, 0.25) is 0 Å². The van der Waals surface area contributed by atoms with Gasteiger partial charge in [0, 0.05) is 38.0 Å². The summed E-state index contributed by atoms with van der Waals surface area (Å²) >= 11 is 0. The van der Waals surface area contributed by atoms with Crippen LogP contribution >= 0.6 is 0 Å². The van der Waals surface area contributed by atoms with Crippen LogP contribution in [0.1, 0.15) is 80.6 Å². The van der Waals surface area contributed by atoms with Crippen LogP contribution in [0.5, 0.6) is 0 Å². The van der Waals surface area contributed by atoms with Gasteiger partial charge in [-0.25, -0.2) is 0 Å². The van der Waals surface area contributed by atoms with Gasteiger partial charge in [0.25, 0.3) is 0 Å². The molecular weight excluding hydrogens is 448 g/mol. The van der Waals surface area contributed by atoms with Gasteiger partial charge in [0.15, 0.2) is 6.10 Å². The van der Waals surface area contributed by atoms with Crippen molar-refractivity contribution >= 4 is 17.9 Å². The van der Waals surface area contributed by atoms with Gasteiger partial charge in [-0.2, -0.15) is 0 Å². The summed E-state index contributed by atoms with van der Waals surface area (Å²) < 4.78 is 24.6. The topological polar surface area (TPSA) is 88.1 Å². The van der Waals surface area contributed by atoms with Gasteiger partial charge in [0.2, 0.25) is 0 Å². The Morgan fingerprint density at radius 1 is 1.20 bits per heavy atom. The van der Waals surface area contributed by atoms with Gasteiger partial charge in [0.05, 0.1) is 6.10 Å². The van der Waals surface area contributed by atoms with Crippen LogP contribution in [0.4, 0.5) is 0 Å². The second-order valence-corrected chi connectivity index (χ2v) is 11.0. The number of esters is 3. The quantitative estimate of drug-likeness (QED) is 0.296. The molecule has 8 atom stereocenters. The smallest absolute Gasteiger partial charge is 0.306 e. The van der Waals surface area contributed by atoms with E-state index in [9.17, 15) is 14.4 Å². The van der Waals surface area contributed by atoms with E-state index >= 15 is 0 Å². The summed E-state index contributed by atoms with van der Waals surface area (Å²) in [6, 6.07) is 0. The normalized spacial score (nSPS) is 38.3. The monoisotopic (exact) mass is 490 g/mol. The fraction of sp³-hybridized carbons (Fsp3) is 0.750. The predicted octanol–water partition coefficient (Wildman–Crippen LogP) is 4.92. The lowest BCUT2D eigenvalue weighted by atomic mass is 9.59. The molecule has 0 N–H and O–H groups in total. The van der Waals surface area contributed by atoms with Crippen molar-refractivity contribution in [2.24, 2.45) is 23.7 Å². The Labute approximate surface area is 209 Å². The van der Waals surface area contributed by atoms with E-state index in [0.29, 0.717) is 31.3 Å². The van der Waals surface area contributed by atoms with E-state index in [-0.39, 0.29) is 35.7 Å². The fourth-order valence-electron chi connectivity index (χ4n) is 6.52. The molecule has 1 saturated carbocycles. The minimum absolute atomic E-state index is 0.0815. The summed E-state index contributed by atoms with van der Waals surface area (Å²) in [4.78, 5) is 37.0. The standard InChI is InChI=1S/C28H42O7/c1-9-11-21(31)35-28(8)13-10-12-16(4)14-20-23-17(5)25(32-18(6)29)26(33-19(7)30)22(15(2)3)24(23)27(28)34-20/h12,15,20,22-27H,5,9-11,13-14H2,1-4,6-8H3/b16-12+/t20-,22+,23+,24+,25+,26-,27+,28+/m0/s1. The maximum Gasteiger partial charge on any atom is 0.306 e. The molecule has 196 valence electrons. The SMILES string of the molecule is C=C1[C@H]2[C@@H]([C@@H](C(C)C)[C@H](OC(C)=O)[C@@H]1OC(C)=O)[C@H]1O[C@H]2C/C(C)=C/CC[C@@]1(C)OC(=O)CCC. The summed E-state index contributed by atoms with van der Waals surface area (Å²) in [6.07, 6.45) is 3.32. The number of hydrogen-bond donors (Lipinski definition) is 0. The van der Waals surface area contributed by atoms with Crippen LogP contribution in [0.15, 0.2) is 23.8 Å². The molecule has 2 heterocycles. The first kappa shape index (κ1) is 27.4. The van der Waals surface area contributed by atoms with E-state index in [1.165, 1.54) is 19.4 Å². The molecule has 7 heteroatoms. The lowest BCUT2D eigenvalue weighted by Gasteiger charge is -2.50. The zero-order valence-corrected chi connectivity index (χ0v) is 22.3. The number of allylic oxidation sites excluding steroid dienone is 1. The van der Waals surface area contributed by atoms with Crippen molar-refractivity contribution in [3.63, 3.8) is 0 Å². The Bertz CT molecular complexity index is 875.